The Labute approximate surface area is 140 Å². The minimum atomic E-state index is -0.195. The van der Waals surface area contributed by atoms with Crippen molar-refractivity contribution in [1.29, 1.82) is 0 Å². The van der Waals surface area contributed by atoms with Crippen molar-refractivity contribution in [2.24, 2.45) is 0 Å². The number of carbonyl (C=O) groups is 2. The summed E-state index contributed by atoms with van der Waals surface area (Å²) in [5, 5.41) is 1.71. The van der Waals surface area contributed by atoms with Gasteiger partial charge >= 0.3 is 0 Å². The molecule has 2 aromatic rings. The fourth-order valence-electron chi connectivity index (χ4n) is 3.04. The van der Waals surface area contributed by atoms with E-state index in [1.807, 2.05) is 31.3 Å². The Bertz CT molecular complexity index is 709. The molecule has 5 heteroatoms. The number of amides is 2. The van der Waals surface area contributed by atoms with E-state index >= 15 is 0 Å². The second-order valence-electron chi connectivity index (χ2n) is 5.82. The summed E-state index contributed by atoms with van der Waals surface area (Å²) >= 11 is 5.71. The van der Waals surface area contributed by atoms with Crippen molar-refractivity contribution >= 4 is 34.2 Å². The Morgan fingerprint density at radius 3 is 2.17 bits per heavy atom. The number of rotatable bonds is 6. The molecule has 23 heavy (non-hydrogen) atoms. The van der Waals surface area contributed by atoms with Crippen LogP contribution in [0, 0.1) is 0 Å². The third-order valence-electron chi connectivity index (χ3n) is 4.24. The lowest BCUT2D eigenvalue weighted by Crippen LogP contribution is -2.41. The predicted octanol–water partition coefficient (Wildman–Crippen LogP) is 3.00. The summed E-state index contributed by atoms with van der Waals surface area (Å²) < 4.78 is 0. The molecule has 0 saturated carbocycles. The van der Waals surface area contributed by atoms with Crippen molar-refractivity contribution in [3.8, 4) is 0 Å². The SMILES string of the molecule is CN(CCCl)CCCN1C(=O)c2cccc3cccc(c23)C1=O. The molecule has 120 valence electrons. The monoisotopic (exact) mass is 330 g/mol. The molecule has 2 amide bonds. The van der Waals surface area contributed by atoms with Gasteiger partial charge in [-0.05, 0) is 37.5 Å². The van der Waals surface area contributed by atoms with Crippen molar-refractivity contribution in [3.63, 3.8) is 0 Å². The van der Waals surface area contributed by atoms with Crippen LogP contribution in [-0.4, -0.2) is 54.2 Å². The van der Waals surface area contributed by atoms with E-state index in [-0.39, 0.29) is 11.8 Å². The third-order valence-corrected chi connectivity index (χ3v) is 4.41. The Morgan fingerprint density at radius 1 is 1.00 bits per heavy atom. The molecule has 0 N–H and O–H groups in total. The standard InChI is InChI=1S/C18H19ClN2O2/c1-20(12-9-19)10-4-11-21-17(22)14-7-2-5-13-6-3-8-15(16(13)14)18(21)23/h2-3,5-8H,4,9-12H2,1H3. The number of alkyl halides is 1. The number of hydrogen-bond donors (Lipinski definition) is 0. The lowest BCUT2D eigenvalue weighted by molar-refractivity contribution is 0.0605. The first-order valence-electron chi connectivity index (χ1n) is 7.76. The van der Waals surface area contributed by atoms with Crippen LogP contribution in [0.2, 0.25) is 0 Å². The number of benzene rings is 2. The smallest absolute Gasteiger partial charge is 0.261 e. The average molecular weight is 331 g/mol. The molecular weight excluding hydrogens is 312 g/mol. The Kier molecular flexibility index (Phi) is 4.64. The third kappa shape index (κ3) is 2.96. The van der Waals surface area contributed by atoms with Gasteiger partial charge in [0.05, 0.1) is 0 Å². The van der Waals surface area contributed by atoms with Crippen molar-refractivity contribution in [2.75, 3.05) is 32.6 Å². The summed E-state index contributed by atoms with van der Waals surface area (Å²) in [4.78, 5) is 28.8. The van der Waals surface area contributed by atoms with Gasteiger partial charge in [0, 0.05) is 35.5 Å². The van der Waals surface area contributed by atoms with E-state index in [4.69, 9.17) is 11.6 Å². The van der Waals surface area contributed by atoms with E-state index in [0.29, 0.717) is 23.6 Å². The van der Waals surface area contributed by atoms with Crippen molar-refractivity contribution in [2.45, 2.75) is 6.42 Å². The first-order chi connectivity index (χ1) is 11.1. The first-order valence-corrected chi connectivity index (χ1v) is 8.29. The maximum absolute atomic E-state index is 12.7. The Hall–Kier alpha value is -1.91. The van der Waals surface area contributed by atoms with Crippen LogP contribution >= 0.6 is 11.6 Å². The molecule has 0 saturated heterocycles. The van der Waals surface area contributed by atoms with Crippen LogP contribution in [0.1, 0.15) is 27.1 Å². The van der Waals surface area contributed by atoms with Crippen LogP contribution < -0.4 is 0 Å². The van der Waals surface area contributed by atoms with Gasteiger partial charge in [-0.25, -0.2) is 0 Å². The van der Waals surface area contributed by atoms with Gasteiger partial charge in [0.2, 0.25) is 0 Å². The second-order valence-corrected chi connectivity index (χ2v) is 6.19. The number of halogens is 1. The highest BCUT2D eigenvalue weighted by molar-refractivity contribution is 6.25. The molecule has 0 aliphatic carbocycles. The molecule has 2 aromatic carbocycles. The van der Waals surface area contributed by atoms with E-state index in [2.05, 4.69) is 4.90 Å². The quantitative estimate of drug-likeness (QED) is 0.604. The van der Waals surface area contributed by atoms with E-state index in [9.17, 15) is 9.59 Å². The molecule has 0 bridgehead atoms. The van der Waals surface area contributed by atoms with Crippen molar-refractivity contribution in [1.82, 2.24) is 9.80 Å². The topological polar surface area (TPSA) is 40.6 Å². The van der Waals surface area contributed by atoms with E-state index in [1.54, 1.807) is 12.1 Å². The number of carbonyl (C=O) groups excluding carboxylic acids is 2. The second kappa shape index (κ2) is 6.69. The molecule has 0 aromatic heterocycles. The number of imide groups is 1. The first kappa shape index (κ1) is 16.0. The van der Waals surface area contributed by atoms with Gasteiger partial charge in [0.25, 0.3) is 11.8 Å². The minimum absolute atomic E-state index is 0.195. The molecular formula is C18H19ClN2O2. The predicted molar refractivity (Wildman–Crippen MR) is 92.1 cm³/mol. The average Bonchev–Trinajstić information content (AvgIpc) is 2.56. The molecule has 3 rings (SSSR count). The molecule has 0 radical (unpaired) electrons. The molecule has 1 aliphatic heterocycles. The van der Waals surface area contributed by atoms with Gasteiger partial charge in [-0.3, -0.25) is 14.5 Å². The van der Waals surface area contributed by atoms with Gasteiger partial charge in [-0.15, -0.1) is 11.6 Å². The summed E-state index contributed by atoms with van der Waals surface area (Å²) in [5.41, 5.74) is 1.23. The van der Waals surface area contributed by atoms with E-state index in [0.717, 1.165) is 30.3 Å². The summed E-state index contributed by atoms with van der Waals surface area (Å²) in [7, 11) is 1.98. The largest absolute Gasteiger partial charge is 0.305 e. The molecule has 1 aliphatic rings. The molecule has 4 nitrogen and oxygen atoms in total. The lowest BCUT2D eigenvalue weighted by Gasteiger charge is -2.27. The number of hydrogen-bond acceptors (Lipinski definition) is 3. The normalized spacial score (nSPS) is 14.1. The summed E-state index contributed by atoms with van der Waals surface area (Å²) in [5.74, 6) is 0.187. The van der Waals surface area contributed by atoms with Gasteiger partial charge < -0.3 is 4.90 Å². The van der Waals surface area contributed by atoms with Crippen LogP contribution in [0.5, 0.6) is 0 Å². The lowest BCUT2D eigenvalue weighted by atomic mass is 9.94. The van der Waals surface area contributed by atoms with Gasteiger partial charge in [-0.2, -0.15) is 0 Å². The highest BCUT2D eigenvalue weighted by atomic mass is 35.5. The fourth-order valence-corrected chi connectivity index (χ4v) is 3.33. The van der Waals surface area contributed by atoms with Crippen LogP contribution in [0.25, 0.3) is 10.8 Å². The van der Waals surface area contributed by atoms with Gasteiger partial charge in [0.1, 0.15) is 0 Å². The van der Waals surface area contributed by atoms with Crippen molar-refractivity contribution in [3.05, 3.63) is 47.5 Å². The molecule has 0 fully saturated rings. The summed E-state index contributed by atoms with van der Waals surface area (Å²) in [6.45, 7) is 2.02. The van der Waals surface area contributed by atoms with Gasteiger partial charge in [0.15, 0.2) is 0 Å². The zero-order valence-corrected chi connectivity index (χ0v) is 13.8. The van der Waals surface area contributed by atoms with Crippen LogP contribution in [0.3, 0.4) is 0 Å². The number of nitrogens with zero attached hydrogens (tertiary/aromatic N) is 2. The molecule has 0 spiro atoms. The van der Waals surface area contributed by atoms with E-state index in [1.165, 1.54) is 4.90 Å². The maximum Gasteiger partial charge on any atom is 0.261 e. The highest BCUT2D eigenvalue weighted by Crippen LogP contribution is 2.29. The van der Waals surface area contributed by atoms with E-state index < -0.39 is 0 Å². The summed E-state index contributed by atoms with van der Waals surface area (Å²) in [6, 6.07) is 11.2. The molecule has 0 unspecified atom stereocenters. The Morgan fingerprint density at radius 2 is 1.61 bits per heavy atom. The minimum Gasteiger partial charge on any atom is -0.305 e. The zero-order chi connectivity index (χ0) is 16.4. The van der Waals surface area contributed by atoms with Crippen LogP contribution in [-0.2, 0) is 0 Å². The summed E-state index contributed by atoms with van der Waals surface area (Å²) in [6.07, 6.45) is 0.739. The highest BCUT2D eigenvalue weighted by Gasteiger charge is 2.32. The van der Waals surface area contributed by atoms with Gasteiger partial charge in [-0.1, -0.05) is 24.3 Å². The zero-order valence-electron chi connectivity index (χ0n) is 13.1. The van der Waals surface area contributed by atoms with Crippen LogP contribution in [0.15, 0.2) is 36.4 Å². The molecule has 0 atom stereocenters. The Balaban J connectivity index is 1.83. The fraction of sp³-hybridized carbons (Fsp3) is 0.333. The molecule has 1 heterocycles. The maximum atomic E-state index is 12.7. The van der Waals surface area contributed by atoms with Crippen LogP contribution in [0.4, 0.5) is 0 Å². The van der Waals surface area contributed by atoms with Crippen molar-refractivity contribution < 1.29 is 9.59 Å².